The number of benzene rings is 2. The number of rotatable bonds is 7. The van der Waals surface area contributed by atoms with Gasteiger partial charge in [-0.2, -0.15) is 5.10 Å². The van der Waals surface area contributed by atoms with Crippen LogP contribution in [0.4, 0.5) is 5.95 Å². The maximum atomic E-state index is 5.80. The molecular formula is C24H22ClN7O. The average Bonchev–Trinajstić information content (AvgIpc) is 3.37. The summed E-state index contributed by atoms with van der Waals surface area (Å²) < 4.78 is 9.54. The number of hydrogen-bond donors (Lipinski definition) is 1. The number of nitrogens with one attached hydrogen (secondary N) is 1. The molecule has 0 spiro atoms. The molecule has 9 heteroatoms. The molecule has 166 valence electrons. The molecule has 5 rings (SSSR count). The Balaban J connectivity index is 1.25. The summed E-state index contributed by atoms with van der Waals surface area (Å²) in [5, 5.41) is 8.36. The van der Waals surface area contributed by atoms with E-state index in [0.717, 1.165) is 34.7 Å². The summed E-state index contributed by atoms with van der Waals surface area (Å²) in [6.45, 7) is 0.635. The molecule has 0 aliphatic heterocycles. The van der Waals surface area contributed by atoms with Gasteiger partial charge in [-0.15, -0.1) is 0 Å². The van der Waals surface area contributed by atoms with Crippen molar-refractivity contribution < 1.29 is 4.74 Å². The second-order valence-corrected chi connectivity index (χ2v) is 8.19. The molecule has 0 unspecified atom stereocenters. The van der Waals surface area contributed by atoms with Crippen LogP contribution in [0.2, 0.25) is 5.02 Å². The smallest absolute Gasteiger partial charge is 0.321 e. The number of aryl methyl sites for hydroxylation is 2. The number of anilines is 1. The Kier molecular flexibility index (Phi) is 5.66. The maximum absolute atomic E-state index is 5.80. The van der Waals surface area contributed by atoms with E-state index in [1.54, 1.807) is 0 Å². The number of imidazole rings is 1. The minimum absolute atomic E-state index is 0.257. The molecule has 5 aromatic rings. The number of fused-ring (bicyclic) bond motifs is 1. The molecule has 0 radical (unpaired) electrons. The number of hydrogen-bond acceptors (Lipinski definition) is 6. The lowest BCUT2D eigenvalue weighted by Crippen LogP contribution is -2.05. The molecule has 8 nitrogen and oxygen atoms in total. The highest BCUT2D eigenvalue weighted by molar-refractivity contribution is 6.30. The van der Waals surface area contributed by atoms with Gasteiger partial charge >= 0.3 is 6.01 Å². The van der Waals surface area contributed by atoms with Crippen LogP contribution in [0.1, 0.15) is 16.8 Å². The lowest BCUT2D eigenvalue weighted by atomic mass is 10.1. The summed E-state index contributed by atoms with van der Waals surface area (Å²) >= 11 is 5.80. The lowest BCUT2D eigenvalue weighted by Gasteiger charge is -2.08. The highest BCUT2D eigenvalue weighted by atomic mass is 35.5. The van der Waals surface area contributed by atoms with Gasteiger partial charge in [0.15, 0.2) is 0 Å². The fraction of sp³-hybridized carbons (Fsp3) is 0.167. The van der Waals surface area contributed by atoms with Crippen molar-refractivity contribution >= 4 is 28.6 Å². The van der Waals surface area contributed by atoms with E-state index in [1.165, 1.54) is 18.0 Å². The molecule has 0 saturated heterocycles. The Labute approximate surface area is 195 Å². The summed E-state index contributed by atoms with van der Waals surface area (Å²) in [4.78, 5) is 12.8. The Hall–Kier alpha value is -3.91. The number of nitrogens with zero attached hydrogens (tertiary/aromatic N) is 6. The largest absolute Gasteiger partial charge is 0.424 e. The summed E-state index contributed by atoms with van der Waals surface area (Å²) in [5.74, 6) is 1.47. The third kappa shape index (κ3) is 4.80. The summed E-state index contributed by atoms with van der Waals surface area (Å²) in [5.41, 5.74) is 5.39. The molecule has 3 aromatic heterocycles. The van der Waals surface area contributed by atoms with Gasteiger partial charge < -0.3 is 14.6 Å². The zero-order valence-electron chi connectivity index (χ0n) is 18.2. The normalized spacial score (nSPS) is 11.1. The van der Waals surface area contributed by atoms with Gasteiger partial charge in [-0.25, -0.2) is 15.0 Å². The first kappa shape index (κ1) is 21.0. The van der Waals surface area contributed by atoms with E-state index in [1.807, 2.05) is 55.3 Å². The summed E-state index contributed by atoms with van der Waals surface area (Å²) in [6, 6.07) is 16.4. The first-order valence-corrected chi connectivity index (χ1v) is 10.8. The second kappa shape index (κ2) is 8.91. The Morgan fingerprint density at radius 2 is 1.73 bits per heavy atom. The third-order valence-electron chi connectivity index (χ3n) is 5.28. The molecule has 2 aromatic carbocycles. The van der Waals surface area contributed by atoms with Crippen LogP contribution in [0.25, 0.3) is 11.0 Å². The minimum Gasteiger partial charge on any atom is -0.424 e. The molecule has 3 heterocycles. The highest BCUT2D eigenvalue weighted by Gasteiger charge is 2.10. The zero-order chi connectivity index (χ0) is 22.8. The van der Waals surface area contributed by atoms with Crippen LogP contribution < -0.4 is 10.1 Å². The molecular weight excluding hydrogens is 438 g/mol. The molecule has 0 amide bonds. The second-order valence-electron chi connectivity index (χ2n) is 7.76. The van der Waals surface area contributed by atoms with Crippen molar-refractivity contribution in [1.29, 1.82) is 0 Å². The highest BCUT2D eigenvalue weighted by Crippen LogP contribution is 2.23. The number of aromatic nitrogens is 6. The van der Waals surface area contributed by atoms with E-state index in [9.17, 15) is 0 Å². The van der Waals surface area contributed by atoms with E-state index < -0.39 is 0 Å². The standard InChI is InChI=1S/C24H22ClN7O/c1-31-10-9-19(30-31)11-17-5-8-21-22(12-17)32(2)23(29-21)26-13-16-3-6-20(7-4-16)33-24-27-14-18(25)15-28-24/h3-10,12,14-15H,11,13H2,1-2H3,(H,26,29). The van der Waals surface area contributed by atoms with Crippen LogP contribution in [-0.2, 0) is 27.1 Å². The van der Waals surface area contributed by atoms with Gasteiger partial charge in [-0.3, -0.25) is 4.68 Å². The van der Waals surface area contributed by atoms with Gasteiger partial charge in [0, 0.05) is 33.3 Å². The molecule has 1 N–H and O–H groups in total. The van der Waals surface area contributed by atoms with Gasteiger partial charge in [0.25, 0.3) is 0 Å². The Morgan fingerprint density at radius 1 is 0.970 bits per heavy atom. The van der Waals surface area contributed by atoms with E-state index in [0.29, 0.717) is 17.3 Å². The van der Waals surface area contributed by atoms with Crippen molar-refractivity contribution in [2.45, 2.75) is 13.0 Å². The van der Waals surface area contributed by atoms with Crippen LogP contribution in [0.3, 0.4) is 0 Å². The molecule has 0 fully saturated rings. The molecule has 33 heavy (non-hydrogen) atoms. The molecule has 0 saturated carbocycles. The zero-order valence-corrected chi connectivity index (χ0v) is 19.0. The van der Waals surface area contributed by atoms with Gasteiger partial charge in [0.1, 0.15) is 5.75 Å². The molecule has 0 atom stereocenters. The first-order valence-electron chi connectivity index (χ1n) is 10.5. The predicted molar refractivity (Wildman–Crippen MR) is 128 cm³/mol. The topological polar surface area (TPSA) is 82.7 Å². The van der Waals surface area contributed by atoms with Crippen molar-refractivity contribution in [3.8, 4) is 11.8 Å². The third-order valence-corrected chi connectivity index (χ3v) is 5.47. The van der Waals surface area contributed by atoms with Crippen LogP contribution in [0.5, 0.6) is 11.8 Å². The fourth-order valence-electron chi connectivity index (χ4n) is 3.59. The predicted octanol–water partition coefficient (Wildman–Crippen LogP) is 4.75. The monoisotopic (exact) mass is 459 g/mol. The van der Waals surface area contributed by atoms with Crippen molar-refractivity contribution in [2.75, 3.05) is 5.32 Å². The van der Waals surface area contributed by atoms with Crippen LogP contribution in [0.15, 0.2) is 67.1 Å². The van der Waals surface area contributed by atoms with Crippen molar-refractivity contribution in [3.63, 3.8) is 0 Å². The van der Waals surface area contributed by atoms with Gasteiger partial charge in [-0.1, -0.05) is 29.8 Å². The Morgan fingerprint density at radius 3 is 2.45 bits per heavy atom. The summed E-state index contributed by atoms with van der Waals surface area (Å²) in [6.07, 6.45) is 5.76. The van der Waals surface area contributed by atoms with E-state index >= 15 is 0 Å². The fourth-order valence-corrected chi connectivity index (χ4v) is 3.68. The van der Waals surface area contributed by atoms with Crippen LogP contribution in [-0.4, -0.2) is 29.3 Å². The summed E-state index contributed by atoms with van der Waals surface area (Å²) in [7, 11) is 3.95. The van der Waals surface area contributed by atoms with Crippen molar-refractivity contribution in [1.82, 2.24) is 29.3 Å². The van der Waals surface area contributed by atoms with Crippen LogP contribution >= 0.6 is 11.6 Å². The average molecular weight is 460 g/mol. The SMILES string of the molecule is Cn1ccc(Cc2ccc3nc(NCc4ccc(Oc5ncc(Cl)cn5)cc4)n(C)c3c2)n1. The Bertz CT molecular complexity index is 1390. The van der Waals surface area contributed by atoms with Gasteiger partial charge in [-0.05, 0) is 41.5 Å². The van der Waals surface area contributed by atoms with Crippen molar-refractivity contribution in [2.24, 2.45) is 14.1 Å². The molecule has 0 aliphatic carbocycles. The van der Waals surface area contributed by atoms with E-state index in [-0.39, 0.29) is 6.01 Å². The minimum atomic E-state index is 0.257. The van der Waals surface area contributed by atoms with Gasteiger partial charge in [0.05, 0.1) is 34.1 Å². The quantitative estimate of drug-likeness (QED) is 0.378. The van der Waals surface area contributed by atoms with Crippen LogP contribution in [0, 0.1) is 0 Å². The molecule has 0 bridgehead atoms. The lowest BCUT2D eigenvalue weighted by molar-refractivity contribution is 0.441. The molecule has 0 aliphatic rings. The maximum Gasteiger partial charge on any atom is 0.321 e. The number of halogens is 1. The first-order chi connectivity index (χ1) is 16.0. The van der Waals surface area contributed by atoms with Crippen molar-refractivity contribution in [3.05, 3.63) is 89.0 Å². The number of ether oxygens (including phenoxy) is 1. The van der Waals surface area contributed by atoms with E-state index in [4.69, 9.17) is 21.3 Å². The van der Waals surface area contributed by atoms with Gasteiger partial charge in [0.2, 0.25) is 5.95 Å². The van der Waals surface area contributed by atoms with E-state index in [2.05, 4.69) is 43.1 Å².